The lowest BCUT2D eigenvalue weighted by Gasteiger charge is -2.20. The first-order valence-electron chi connectivity index (χ1n) is 23.2. The molecule has 0 spiro atoms. The zero-order valence-corrected chi connectivity index (χ0v) is 37.3. The van der Waals surface area contributed by atoms with Crippen molar-refractivity contribution in [2.24, 2.45) is 0 Å². The Balaban J connectivity index is 1.22. The van der Waals surface area contributed by atoms with Crippen LogP contribution in [0.15, 0.2) is 212 Å². The monoisotopic (exact) mass is 889 g/mol. The Morgan fingerprint density at radius 1 is 0.271 bits per heavy atom. The lowest BCUT2D eigenvalue weighted by molar-refractivity contribution is 1.11. The van der Waals surface area contributed by atoms with Crippen molar-refractivity contribution in [3.8, 4) is 52.1 Å². The largest absolute Gasteiger partial charge is 0.307 e. The summed E-state index contributed by atoms with van der Waals surface area (Å²) >= 11 is 0. The van der Waals surface area contributed by atoms with Crippen LogP contribution in [0.3, 0.4) is 0 Å². The van der Waals surface area contributed by atoms with Crippen LogP contribution in [-0.4, -0.2) is 18.3 Å². The minimum atomic E-state index is 0.374. The fourth-order valence-electron chi connectivity index (χ4n) is 11.4. The van der Waals surface area contributed by atoms with Gasteiger partial charge in [-0.1, -0.05) is 133 Å². The maximum Gasteiger partial charge on any atom is 0.104 e. The van der Waals surface area contributed by atoms with Crippen molar-refractivity contribution < 1.29 is 0 Å². The molecule has 70 heavy (non-hydrogen) atoms. The summed E-state index contributed by atoms with van der Waals surface area (Å²) in [5.41, 5.74) is 14.0. The smallest absolute Gasteiger partial charge is 0.104 e. The highest BCUT2D eigenvalue weighted by atomic mass is 15.1. The van der Waals surface area contributed by atoms with E-state index in [0.29, 0.717) is 33.6 Å². The summed E-state index contributed by atoms with van der Waals surface area (Å²) in [6.07, 6.45) is 0. The molecule has 0 unspecified atom stereocenters. The predicted octanol–water partition coefficient (Wildman–Crippen LogP) is 15.4. The summed E-state index contributed by atoms with van der Waals surface area (Å²) in [6.45, 7) is 0. The summed E-state index contributed by atoms with van der Waals surface area (Å²) in [7, 11) is 0. The van der Waals surface area contributed by atoms with Crippen LogP contribution in [0.25, 0.3) is 121 Å². The highest BCUT2D eigenvalue weighted by Gasteiger charge is 2.27. The number of benzene rings is 10. The SMILES string of the molecule is N#Cc1cc(C#N)cc(-c2cc(-n3c4ccccc4c4ccc5c6ccccc6n(-c6ccccc6)c5c43)c(C#N)c(-n3c4ccccc4c4ccc5c6ccccc6n(-c6ccccc6)c5c43)c2)c1. The van der Waals surface area contributed by atoms with E-state index in [1.165, 1.54) is 0 Å². The highest BCUT2D eigenvalue weighted by Crippen LogP contribution is 2.46. The first-order valence-corrected chi connectivity index (χ1v) is 23.2. The van der Waals surface area contributed by atoms with Crippen molar-refractivity contribution in [1.82, 2.24) is 18.3 Å². The number of para-hydroxylation sites is 6. The molecular formula is C63H35N7. The molecule has 0 bridgehead atoms. The lowest BCUT2D eigenvalue weighted by Crippen LogP contribution is -2.06. The van der Waals surface area contributed by atoms with Gasteiger partial charge in [-0.3, -0.25) is 0 Å². The molecule has 0 aliphatic rings. The molecule has 10 aromatic carbocycles. The van der Waals surface area contributed by atoms with Crippen molar-refractivity contribution in [3.63, 3.8) is 0 Å². The minimum absolute atomic E-state index is 0.374. The number of nitriles is 3. The zero-order chi connectivity index (χ0) is 46.6. The molecule has 4 aromatic heterocycles. The molecule has 4 heterocycles. The highest BCUT2D eigenvalue weighted by molar-refractivity contribution is 6.25. The number of hydrogen-bond donors (Lipinski definition) is 0. The molecule has 0 amide bonds. The second-order valence-electron chi connectivity index (χ2n) is 17.8. The molecule has 0 radical (unpaired) electrons. The molecule has 0 saturated heterocycles. The van der Waals surface area contributed by atoms with Gasteiger partial charge >= 0.3 is 0 Å². The summed E-state index contributed by atoms with van der Waals surface area (Å²) in [5, 5.41) is 41.3. The second-order valence-corrected chi connectivity index (χ2v) is 17.8. The van der Waals surface area contributed by atoms with Gasteiger partial charge in [0.05, 0.1) is 78.8 Å². The number of aromatic nitrogens is 4. The van der Waals surface area contributed by atoms with Crippen molar-refractivity contribution in [2.45, 2.75) is 0 Å². The first-order chi connectivity index (χ1) is 34.6. The van der Waals surface area contributed by atoms with Crippen LogP contribution >= 0.6 is 0 Å². The topological polar surface area (TPSA) is 91.1 Å². The van der Waals surface area contributed by atoms with Gasteiger partial charge in [-0.15, -0.1) is 0 Å². The fraction of sp³-hybridized carbons (Fsp3) is 0. The molecule has 14 rings (SSSR count). The van der Waals surface area contributed by atoms with Gasteiger partial charge in [-0.25, -0.2) is 0 Å². The van der Waals surface area contributed by atoms with Crippen LogP contribution in [0.5, 0.6) is 0 Å². The fourth-order valence-corrected chi connectivity index (χ4v) is 11.4. The molecule has 0 atom stereocenters. The summed E-state index contributed by atoms with van der Waals surface area (Å²) in [4.78, 5) is 0. The Morgan fingerprint density at radius 2 is 0.586 bits per heavy atom. The van der Waals surface area contributed by atoms with E-state index in [4.69, 9.17) is 0 Å². The minimum Gasteiger partial charge on any atom is -0.307 e. The molecule has 7 heteroatoms. The molecule has 14 aromatic rings. The van der Waals surface area contributed by atoms with Crippen molar-refractivity contribution >= 4 is 87.2 Å². The third-order valence-corrected chi connectivity index (χ3v) is 14.2. The molecule has 0 saturated carbocycles. The zero-order valence-electron chi connectivity index (χ0n) is 37.3. The summed E-state index contributed by atoms with van der Waals surface area (Å²) < 4.78 is 9.25. The average Bonchev–Trinajstić information content (AvgIpc) is 4.16. The lowest BCUT2D eigenvalue weighted by atomic mass is 9.97. The third-order valence-electron chi connectivity index (χ3n) is 14.2. The molecular weight excluding hydrogens is 855 g/mol. The van der Waals surface area contributed by atoms with Crippen LogP contribution in [-0.2, 0) is 0 Å². The van der Waals surface area contributed by atoms with Gasteiger partial charge in [0, 0.05) is 54.5 Å². The third kappa shape index (κ3) is 5.42. The Kier molecular flexibility index (Phi) is 8.34. The quantitative estimate of drug-likeness (QED) is 0.172. The van der Waals surface area contributed by atoms with Crippen molar-refractivity contribution in [1.29, 1.82) is 15.8 Å². The second kappa shape index (κ2) is 14.9. The number of hydrogen-bond acceptors (Lipinski definition) is 3. The van der Waals surface area contributed by atoms with Gasteiger partial charge in [0.25, 0.3) is 0 Å². The first kappa shape index (κ1) is 39.1. The number of fused-ring (bicyclic) bond motifs is 14. The van der Waals surface area contributed by atoms with E-state index in [-0.39, 0.29) is 0 Å². The Labute approximate surface area is 400 Å². The van der Waals surface area contributed by atoms with Gasteiger partial charge in [0.2, 0.25) is 0 Å². The van der Waals surface area contributed by atoms with Crippen LogP contribution in [0.4, 0.5) is 0 Å². The van der Waals surface area contributed by atoms with Gasteiger partial charge in [-0.05, 0) is 90.0 Å². The van der Waals surface area contributed by atoms with Crippen molar-refractivity contribution in [2.75, 3.05) is 0 Å². The molecule has 0 fully saturated rings. The molecule has 0 aliphatic carbocycles. The van der Waals surface area contributed by atoms with E-state index >= 15 is 0 Å². The van der Waals surface area contributed by atoms with Gasteiger partial charge in [-0.2, -0.15) is 15.8 Å². The summed E-state index contributed by atoms with van der Waals surface area (Å²) in [5.74, 6) is 0. The Morgan fingerprint density at radius 3 is 0.943 bits per heavy atom. The number of nitrogens with zero attached hydrogens (tertiary/aromatic N) is 7. The predicted molar refractivity (Wildman–Crippen MR) is 283 cm³/mol. The van der Waals surface area contributed by atoms with E-state index in [1.807, 2.05) is 24.3 Å². The maximum atomic E-state index is 12.1. The van der Waals surface area contributed by atoms with Crippen molar-refractivity contribution in [3.05, 3.63) is 229 Å². The summed E-state index contributed by atoms with van der Waals surface area (Å²) in [6, 6.07) is 80.6. The molecule has 0 N–H and O–H groups in total. The maximum absolute atomic E-state index is 12.1. The average molecular weight is 890 g/mol. The van der Waals surface area contributed by atoms with Crippen LogP contribution < -0.4 is 0 Å². The van der Waals surface area contributed by atoms with E-state index in [1.54, 1.807) is 6.07 Å². The normalized spacial score (nSPS) is 11.7. The van der Waals surface area contributed by atoms with Crippen LogP contribution in [0.1, 0.15) is 16.7 Å². The number of rotatable bonds is 5. The van der Waals surface area contributed by atoms with Crippen LogP contribution in [0.2, 0.25) is 0 Å². The van der Waals surface area contributed by atoms with E-state index in [2.05, 4.69) is 218 Å². The van der Waals surface area contributed by atoms with E-state index in [9.17, 15) is 15.8 Å². The standard InChI is InChI=1S/C63H35N7/c64-36-39-31-40(37-65)33-41(32-39)42-34-58(69-56-25-13-9-21-47(56)51-29-27-49-45-19-7-11-23-54(45)67(60(49)62(51)69)43-15-3-1-4-16-43)53(38-66)59(35-42)70-57-26-14-10-22-48(57)52-30-28-50-46-20-8-12-24-55(46)68(61(50)63(52)70)44-17-5-2-6-18-44/h1-35H. The van der Waals surface area contributed by atoms with Gasteiger partial charge in [0.1, 0.15) is 11.6 Å². The molecule has 7 nitrogen and oxygen atoms in total. The van der Waals surface area contributed by atoms with E-state index in [0.717, 1.165) is 104 Å². The Hall–Kier alpha value is -10.1. The molecule has 322 valence electrons. The van der Waals surface area contributed by atoms with Crippen LogP contribution in [0, 0.1) is 34.0 Å². The van der Waals surface area contributed by atoms with Gasteiger partial charge < -0.3 is 18.3 Å². The molecule has 0 aliphatic heterocycles. The van der Waals surface area contributed by atoms with E-state index < -0.39 is 0 Å². The van der Waals surface area contributed by atoms with Gasteiger partial charge in [0.15, 0.2) is 0 Å². The Bertz CT molecular complexity index is 4390.